The van der Waals surface area contributed by atoms with Crippen molar-refractivity contribution in [1.82, 2.24) is 5.32 Å². The summed E-state index contributed by atoms with van der Waals surface area (Å²) in [5, 5.41) is 3.45. The molecule has 2 rings (SSSR count). The number of benzene rings is 2. The molecule has 1 nitrogen and oxygen atoms in total. The van der Waals surface area contributed by atoms with Crippen LogP contribution in [0.15, 0.2) is 40.9 Å². The average molecular weight is 336 g/mol. The molecule has 0 aliphatic heterocycles. The van der Waals surface area contributed by atoms with Crippen LogP contribution in [-0.2, 0) is 0 Å². The van der Waals surface area contributed by atoms with Crippen molar-refractivity contribution in [2.75, 3.05) is 6.54 Å². The maximum Gasteiger partial charge on any atom is 0.124 e. The van der Waals surface area contributed by atoms with E-state index < -0.39 is 0 Å². The molecule has 0 aromatic heterocycles. The Morgan fingerprint density at radius 2 is 1.95 bits per heavy atom. The van der Waals surface area contributed by atoms with Crippen LogP contribution in [0.3, 0.4) is 0 Å². The third-order valence-corrected chi connectivity index (χ3v) is 4.04. The molecule has 0 amide bonds. The van der Waals surface area contributed by atoms with Gasteiger partial charge < -0.3 is 5.32 Å². The molecular weight excluding hydrogens is 317 g/mol. The predicted molar refractivity (Wildman–Crippen MR) is 85.5 cm³/mol. The quantitative estimate of drug-likeness (QED) is 0.837. The molecular formula is C17H19BrFN. The number of rotatable bonds is 4. The van der Waals surface area contributed by atoms with Gasteiger partial charge in [-0.25, -0.2) is 4.39 Å². The van der Waals surface area contributed by atoms with Gasteiger partial charge in [0.25, 0.3) is 0 Å². The van der Waals surface area contributed by atoms with E-state index in [1.807, 2.05) is 6.07 Å². The molecule has 2 aromatic rings. The van der Waals surface area contributed by atoms with E-state index in [0.717, 1.165) is 16.6 Å². The first kappa shape index (κ1) is 15.2. The van der Waals surface area contributed by atoms with Crippen LogP contribution < -0.4 is 5.32 Å². The lowest BCUT2D eigenvalue weighted by molar-refractivity contribution is 0.600. The first-order valence-electron chi connectivity index (χ1n) is 6.78. The molecule has 0 aliphatic rings. The monoisotopic (exact) mass is 335 g/mol. The molecule has 1 atom stereocenters. The highest BCUT2D eigenvalue weighted by atomic mass is 79.9. The maximum absolute atomic E-state index is 13.7. The molecule has 0 aliphatic carbocycles. The summed E-state index contributed by atoms with van der Waals surface area (Å²) in [6.07, 6.45) is 0. The first-order valence-corrected chi connectivity index (χ1v) is 7.57. The van der Waals surface area contributed by atoms with Crippen molar-refractivity contribution in [2.24, 2.45) is 0 Å². The van der Waals surface area contributed by atoms with Crippen molar-refractivity contribution in [3.8, 4) is 0 Å². The van der Waals surface area contributed by atoms with Crippen LogP contribution in [0.25, 0.3) is 0 Å². The second-order valence-corrected chi connectivity index (χ2v) is 5.90. The Labute approximate surface area is 128 Å². The van der Waals surface area contributed by atoms with Gasteiger partial charge in [0.2, 0.25) is 0 Å². The number of nitrogens with one attached hydrogen (secondary N) is 1. The van der Waals surface area contributed by atoms with Gasteiger partial charge in [0, 0.05) is 4.47 Å². The zero-order valence-electron chi connectivity index (χ0n) is 12.0. The highest BCUT2D eigenvalue weighted by Gasteiger charge is 2.17. The fourth-order valence-electron chi connectivity index (χ4n) is 2.44. The van der Waals surface area contributed by atoms with Gasteiger partial charge >= 0.3 is 0 Å². The standard InChI is InChI=1S/C17H19BrFN/c1-4-20-17(13-8-14(18)10-15(19)9-13)16-7-5-6-11(2)12(16)3/h5-10,17,20H,4H2,1-3H3. The first-order chi connectivity index (χ1) is 9.52. The van der Waals surface area contributed by atoms with Gasteiger partial charge in [-0.3, -0.25) is 0 Å². The van der Waals surface area contributed by atoms with Gasteiger partial charge in [0.15, 0.2) is 0 Å². The van der Waals surface area contributed by atoms with Gasteiger partial charge in [-0.1, -0.05) is 41.1 Å². The predicted octanol–water partition coefficient (Wildman–Crippen LogP) is 4.90. The molecule has 0 saturated heterocycles. The molecule has 0 spiro atoms. The highest BCUT2D eigenvalue weighted by Crippen LogP contribution is 2.29. The Morgan fingerprint density at radius 3 is 2.60 bits per heavy atom. The smallest absolute Gasteiger partial charge is 0.124 e. The Balaban J connectivity index is 2.53. The van der Waals surface area contributed by atoms with Gasteiger partial charge in [-0.15, -0.1) is 0 Å². The molecule has 20 heavy (non-hydrogen) atoms. The lowest BCUT2D eigenvalue weighted by Crippen LogP contribution is -2.23. The molecule has 0 radical (unpaired) electrons. The number of aryl methyl sites for hydroxylation is 1. The molecule has 1 unspecified atom stereocenters. The van der Waals surface area contributed by atoms with E-state index in [1.54, 1.807) is 6.07 Å². The molecule has 3 heteroatoms. The minimum atomic E-state index is -0.220. The van der Waals surface area contributed by atoms with E-state index in [-0.39, 0.29) is 11.9 Å². The van der Waals surface area contributed by atoms with Crippen LogP contribution >= 0.6 is 15.9 Å². The van der Waals surface area contributed by atoms with E-state index in [1.165, 1.54) is 22.8 Å². The third-order valence-electron chi connectivity index (χ3n) is 3.58. The van der Waals surface area contributed by atoms with Crippen molar-refractivity contribution >= 4 is 15.9 Å². The fourth-order valence-corrected chi connectivity index (χ4v) is 2.92. The number of halogens is 2. The van der Waals surface area contributed by atoms with E-state index in [0.29, 0.717) is 0 Å². The summed E-state index contributed by atoms with van der Waals surface area (Å²) in [7, 11) is 0. The number of hydrogen-bond acceptors (Lipinski definition) is 1. The van der Waals surface area contributed by atoms with Gasteiger partial charge in [-0.2, -0.15) is 0 Å². The van der Waals surface area contributed by atoms with E-state index in [4.69, 9.17) is 0 Å². The molecule has 2 aromatic carbocycles. The summed E-state index contributed by atoms with van der Waals surface area (Å²) < 4.78 is 14.4. The summed E-state index contributed by atoms with van der Waals surface area (Å²) in [5.41, 5.74) is 4.64. The summed E-state index contributed by atoms with van der Waals surface area (Å²) in [6, 6.07) is 11.3. The van der Waals surface area contributed by atoms with Crippen molar-refractivity contribution in [2.45, 2.75) is 26.8 Å². The van der Waals surface area contributed by atoms with E-state index >= 15 is 0 Å². The van der Waals surface area contributed by atoms with Crippen molar-refractivity contribution in [3.63, 3.8) is 0 Å². The average Bonchev–Trinajstić information content (AvgIpc) is 2.38. The van der Waals surface area contributed by atoms with Crippen molar-refractivity contribution < 1.29 is 4.39 Å². The topological polar surface area (TPSA) is 12.0 Å². The van der Waals surface area contributed by atoms with Crippen molar-refractivity contribution in [3.05, 3.63) is 68.9 Å². The fraction of sp³-hybridized carbons (Fsp3) is 0.294. The maximum atomic E-state index is 13.7. The molecule has 0 fully saturated rings. The third kappa shape index (κ3) is 3.28. The summed E-state index contributed by atoms with van der Waals surface area (Å²) in [5.74, 6) is -0.220. The Bertz CT molecular complexity index is 590. The largest absolute Gasteiger partial charge is 0.307 e. The van der Waals surface area contributed by atoms with Crippen LogP contribution in [0.2, 0.25) is 0 Å². The van der Waals surface area contributed by atoms with Gasteiger partial charge in [0.05, 0.1) is 6.04 Å². The molecule has 1 N–H and O–H groups in total. The molecule has 0 bridgehead atoms. The zero-order valence-corrected chi connectivity index (χ0v) is 13.6. The highest BCUT2D eigenvalue weighted by molar-refractivity contribution is 9.10. The van der Waals surface area contributed by atoms with E-state index in [9.17, 15) is 4.39 Å². The van der Waals surface area contributed by atoms with E-state index in [2.05, 4.69) is 60.2 Å². The zero-order chi connectivity index (χ0) is 14.7. The Morgan fingerprint density at radius 1 is 1.20 bits per heavy atom. The lowest BCUT2D eigenvalue weighted by Gasteiger charge is -2.22. The van der Waals surface area contributed by atoms with Crippen LogP contribution in [0, 0.1) is 19.7 Å². The normalized spacial score (nSPS) is 12.4. The SMILES string of the molecule is CCNC(c1cc(F)cc(Br)c1)c1cccc(C)c1C. The van der Waals surface area contributed by atoms with Crippen LogP contribution in [0.1, 0.15) is 35.2 Å². The minimum Gasteiger partial charge on any atom is -0.307 e. The van der Waals surface area contributed by atoms with Crippen molar-refractivity contribution in [1.29, 1.82) is 0 Å². The minimum absolute atomic E-state index is 0.00639. The molecule has 0 saturated carbocycles. The number of hydrogen-bond donors (Lipinski definition) is 1. The Hall–Kier alpha value is -1.19. The van der Waals surface area contributed by atoms with Crippen LogP contribution in [0.4, 0.5) is 4.39 Å². The van der Waals surface area contributed by atoms with Crippen LogP contribution in [-0.4, -0.2) is 6.54 Å². The van der Waals surface area contributed by atoms with Crippen LogP contribution in [0.5, 0.6) is 0 Å². The van der Waals surface area contributed by atoms with Gasteiger partial charge in [0.1, 0.15) is 5.82 Å². The second-order valence-electron chi connectivity index (χ2n) is 4.98. The summed E-state index contributed by atoms with van der Waals surface area (Å²) in [4.78, 5) is 0. The Kier molecular flexibility index (Phi) is 4.95. The second kappa shape index (κ2) is 6.51. The summed E-state index contributed by atoms with van der Waals surface area (Å²) in [6.45, 7) is 7.10. The lowest BCUT2D eigenvalue weighted by atomic mass is 9.92. The molecule has 106 valence electrons. The van der Waals surface area contributed by atoms with Gasteiger partial charge in [-0.05, 0) is 60.8 Å². The summed E-state index contributed by atoms with van der Waals surface area (Å²) >= 11 is 3.37. The molecule has 0 heterocycles.